The van der Waals surface area contributed by atoms with Gasteiger partial charge < -0.3 is 9.30 Å². The number of benzene rings is 1. The standard InChI is InChI=1S/C13H13N3O2S/c1-19-9-12-15-10-4-2-3-5-11(10)16(12)8-13(17)18-7-6-14/h2-5H,7-9H2,1H3. The van der Waals surface area contributed by atoms with Crippen LogP contribution >= 0.6 is 11.8 Å². The molecular weight excluding hydrogens is 262 g/mol. The third-order valence-electron chi connectivity index (χ3n) is 2.59. The van der Waals surface area contributed by atoms with Crippen LogP contribution in [0.2, 0.25) is 0 Å². The van der Waals surface area contributed by atoms with Crippen LogP contribution in [0.15, 0.2) is 24.3 Å². The number of esters is 1. The van der Waals surface area contributed by atoms with Crippen LogP contribution < -0.4 is 0 Å². The van der Waals surface area contributed by atoms with Gasteiger partial charge in [-0.3, -0.25) is 4.79 Å². The summed E-state index contributed by atoms with van der Waals surface area (Å²) in [5.41, 5.74) is 1.76. The summed E-state index contributed by atoms with van der Waals surface area (Å²) in [5.74, 6) is 1.13. The van der Waals surface area contributed by atoms with Crippen molar-refractivity contribution in [3.8, 4) is 6.07 Å². The maximum Gasteiger partial charge on any atom is 0.327 e. The third kappa shape index (κ3) is 3.06. The SMILES string of the molecule is CSCc1nc2ccccc2n1CC(=O)OCC#N. The molecule has 0 atom stereocenters. The predicted molar refractivity (Wildman–Crippen MR) is 73.5 cm³/mol. The summed E-state index contributed by atoms with van der Waals surface area (Å²) in [6.07, 6.45) is 1.98. The number of ether oxygens (including phenoxy) is 1. The lowest BCUT2D eigenvalue weighted by atomic mass is 10.3. The number of nitriles is 1. The molecular formula is C13H13N3O2S. The number of para-hydroxylation sites is 2. The first-order valence-electron chi connectivity index (χ1n) is 5.72. The third-order valence-corrected chi connectivity index (χ3v) is 3.14. The number of thioether (sulfide) groups is 1. The zero-order valence-electron chi connectivity index (χ0n) is 10.5. The lowest BCUT2D eigenvalue weighted by Gasteiger charge is -2.07. The molecule has 0 amide bonds. The van der Waals surface area contributed by atoms with E-state index in [4.69, 9.17) is 10.00 Å². The van der Waals surface area contributed by atoms with Crippen molar-refractivity contribution in [2.24, 2.45) is 0 Å². The monoisotopic (exact) mass is 275 g/mol. The van der Waals surface area contributed by atoms with Crippen molar-refractivity contribution in [1.82, 2.24) is 9.55 Å². The summed E-state index contributed by atoms with van der Waals surface area (Å²) >= 11 is 1.64. The molecule has 2 aromatic rings. The fourth-order valence-corrected chi connectivity index (χ4v) is 2.31. The molecule has 19 heavy (non-hydrogen) atoms. The van der Waals surface area contributed by atoms with E-state index < -0.39 is 5.97 Å². The average Bonchev–Trinajstić information content (AvgIpc) is 2.75. The number of hydrogen-bond acceptors (Lipinski definition) is 5. The second-order valence-electron chi connectivity index (χ2n) is 3.85. The molecule has 2 rings (SSSR count). The van der Waals surface area contributed by atoms with Crippen LogP contribution in [0, 0.1) is 11.3 Å². The lowest BCUT2D eigenvalue weighted by Crippen LogP contribution is -2.15. The zero-order valence-corrected chi connectivity index (χ0v) is 11.3. The van der Waals surface area contributed by atoms with Crippen LogP contribution in [0.25, 0.3) is 11.0 Å². The molecule has 1 aromatic carbocycles. The molecule has 0 spiro atoms. The normalized spacial score (nSPS) is 10.3. The molecule has 0 radical (unpaired) electrons. The molecule has 6 heteroatoms. The van der Waals surface area contributed by atoms with Crippen molar-refractivity contribution in [2.45, 2.75) is 12.3 Å². The number of carbonyl (C=O) groups is 1. The molecule has 0 N–H and O–H groups in total. The van der Waals surface area contributed by atoms with Gasteiger partial charge in [-0.15, -0.1) is 0 Å². The Morgan fingerprint density at radius 2 is 2.32 bits per heavy atom. The van der Waals surface area contributed by atoms with Crippen LogP contribution in [0.5, 0.6) is 0 Å². The molecule has 1 aromatic heterocycles. The number of rotatable bonds is 5. The molecule has 0 aliphatic carbocycles. The highest BCUT2D eigenvalue weighted by Gasteiger charge is 2.13. The Hall–Kier alpha value is -2.00. The van der Waals surface area contributed by atoms with Gasteiger partial charge >= 0.3 is 5.97 Å². The van der Waals surface area contributed by atoms with Gasteiger partial charge in [-0.2, -0.15) is 17.0 Å². The topological polar surface area (TPSA) is 67.9 Å². The van der Waals surface area contributed by atoms with Gasteiger partial charge in [-0.05, 0) is 18.4 Å². The molecule has 0 fully saturated rings. The first-order valence-corrected chi connectivity index (χ1v) is 7.11. The minimum Gasteiger partial charge on any atom is -0.449 e. The van der Waals surface area contributed by atoms with Gasteiger partial charge in [0.25, 0.3) is 0 Å². The van der Waals surface area contributed by atoms with Crippen LogP contribution in [0.3, 0.4) is 0 Å². The molecule has 0 bridgehead atoms. The van der Waals surface area contributed by atoms with E-state index in [2.05, 4.69) is 4.98 Å². The first kappa shape index (κ1) is 13.4. The fraction of sp³-hybridized carbons (Fsp3) is 0.308. The minimum absolute atomic E-state index is 0.0814. The van der Waals surface area contributed by atoms with Crippen molar-refractivity contribution in [1.29, 1.82) is 5.26 Å². The maximum absolute atomic E-state index is 11.6. The van der Waals surface area contributed by atoms with Gasteiger partial charge in [-0.1, -0.05) is 12.1 Å². The highest BCUT2D eigenvalue weighted by atomic mass is 32.2. The van der Waals surface area contributed by atoms with Gasteiger partial charge in [0.15, 0.2) is 6.61 Å². The summed E-state index contributed by atoms with van der Waals surface area (Å²) in [7, 11) is 0. The molecule has 0 unspecified atom stereocenters. The number of fused-ring (bicyclic) bond motifs is 1. The van der Waals surface area contributed by atoms with Crippen LogP contribution in [0.4, 0.5) is 0 Å². The zero-order chi connectivity index (χ0) is 13.7. The molecule has 98 valence electrons. The fourth-order valence-electron chi connectivity index (χ4n) is 1.83. The Morgan fingerprint density at radius 1 is 1.53 bits per heavy atom. The summed E-state index contributed by atoms with van der Waals surface area (Å²) in [6.45, 7) is -0.137. The van der Waals surface area contributed by atoms with E-state index in [9.17, 15) is 4.79 Å². The van der Waals surface area contributed by atoms with Crippen LogP contribution in [-0.4, -0.2) is 28.4 Å². The van der Waals surface area contributed by atoms with E-state index in [0.717, 1.165) is 22.6 Å². The largest absolute Gasteiger partial charge is 0.449 e. The van der Waals surface area contributed by atoms with Gasteiger partial charge in [0, 0.05) is 0 Å². The van der Waals surface area contributed by atoms with Crippen LogP contribution in [-0.2, 0) is 21.8 Å². The maximum atomic E-state index is 11.6. The van der Waals surface area contributed by atoms with Gasteiger partial charge in [0.2, 0.25) is 0 Å². The molecule has 0 aliphatic rings. The number of aromatic nitrogens is 2. The highest BCUT2D eigenvalue weighted by Crippen LogP contribution is 2.18. The predicted octanol–water partition coefficient (Wildman–Crippen LogP) is 1.97. The average molecular weight is 275 g/mol. The number of imidazole rings is 1. The number of carbonyl (C=O) groups excluding carboxylic acids is 1. The van der Waals surface area contributed by atoms with E-state index in [1.807, 2.05) is 35.1 Å². The Morgan fingerprint density at radius 3 is 3.05 bits per heavy atom. The van der Waals surface area contributed by atoms with Crippen molar-refractivity contribution in [2.75, 3.05) is 12.9 Å². The molecule has 5 nitrogen and oxygen atoms in total. The number of hydrogen-bond donors (Lipinski definition) is 0. The Balaban J connectivity index is 2.31. The van der Waals surface area contributed by atoms with E-state index in [0.29, 0.717) is 0 Å². The van der Waals surface area contributed by atoms with Crippen molar-refractivity contribution in [3.63, 3.8) is 0 Å². The second-order valence-corrected chi connectivity index (χ2v) is 4.72. The van der Waals surface area contributed by atoms with Crippen LogP contribution in [0.1, 0.15) is 5.82 Å². The summed E-state index contributed by atoms with van der Waals surface area (Å²) in [5, 5.41) is 8.40. The quantitative estimate of drug-likeness (QED) is 0.780. The molecule has 0 aliphatic heterocycles. The highest BCUT2D eigenvalue weighted by molar-refractivity contribution is 7.97. The molecule has 0 saturated carbocycles. The molecule has 0 saturated heterocycles. The Kier molecular flexibility index (Phi) is 4.42. The van der Waals surface area contributed by atoms with Crippen molar-refractivity contribution in [3.05, 3.63) is 30.1 Å². The lowest BCUT2D eigenvalue weighted by molar-refractivity contribution is -0.142. The first-order chi connectivity index (χ1) is 9.26. The van der Waals surface area contributed by atoms with E-state index in [1.165, 1.54) is 0 Å². The minimum atomic E-state index is -0.424. The summed E-state index contributed by atoms with van der Waals surface area (Å²) < 4.78 is 6.63. The van der Waals surface area contributed by atoms with E-state index in [-0.39, 0.29) is 13.2 Å². The second kappa shape index (κ2) is 6.25. The number of nitrogens with zero attached hydrogens (tertiary/aromatic N) is 3. The van der Waals surface area contributed by atoms with Gasteiger partial charge in [0.1, 0.15) is 18.4 Å². The summed E-state index contributed by atoms with van der Waals surface area (Å²) in [6, 6.07) is 9.44. The van der Waals surface area contributed by atoms with E-state index in [1.54, 1.807) is 17.8 Å². The molecule has 1 heterocycles. The van der Waals surface area contributed by atoms with Crippen molar-refractivity contribution < 1.29 is 9.53 Å². The Labute approximate surface area is 115 Å². The van der Waals surface area contributed by atoms with Gasteiger partial charge in [-0.25, -0.2) is 4.98 Å². The summed E-state index contributed by atoms with van der Waals surface area (Å²) in [4.78, 5) is 16.1. The Bertz CT molecular complexity index is 630. The smallest absolute Gasteiger partial charge is 0.327 e. The van der Waals surface area contributed by atoms with Gasteiger partial charge in [0.05, 0.1) is 16.8 Å². The van der Waals surface area contributed by atoms with E-state index >= 15 is 0 Å². The van der Waals surface area contributed by atoms with Crippen molar-refractivity contribution >= 4 is 28.8 Å².